The van der Waals surface area contributed by atoms with Gasteiger partial charge < -0.3 is 10.3 Å². The van der Waals surface area contributed by atoms with Gasteiger partial charge in [-0.3, -0.25) is 4.72 Å². The van der Waals surface area contributed by atoms with Crippen LogP contribution in [0.3, 0.4) is 0 Å². The first-order chi connectivity index (χ1) is 8.81. The van der Waals surface area contributed by atoms with E-state index in [1.807, 2.05) is 13.0 Å². The monoisotopic (exact) mass is 344 g/mol. The molecule has 102 valence electrons. The van der Waals surface area contributed by atoms with E-state index in [0.717, 1.165) is 10.0 Å². The molecule has 8 heteroatoms. The van der Waals surface area contributed by atoms with Crippen molar-refractivity contribution in [3.63, 3.8) is 0 Å². The molecule has 0 aliphatic heterocycles. The van der Waals surface area contributed by atoms with Gasteiger partial charge in [-0.2, -0.15) is 8.42 Å². The molecular formula is C11H13BrN4O2S. The molecule has 0 aliphatic rings. The van der Waals surface area contributed by atoms with Crippen LogP contribution < -0.4 is 10.5 Å². The molecule has 0 spiro atoms. The number of aryl methyl sites for hydroxylation is 2. The van der Waals surface area contributed by atoms with E-state index in [4.69, 9.17) is 5.73 Å². The van der Waals surface area contributed by atoms with Crippen molar-refractivity contribution in [2.45, 2.75) is 11.9 Å². The molecule has 2 rings (SSSR count). The van der Waals surface area contributed by atoms with Crippen molar-refractivity contribution in [1.29, 1.82) is 0 Å². The highest BCUT2D eigenvalue weighted by Crippen LogP contribution is 2.24. The minimum absolute atomic E-state index is 0.0234. The van der Waals surface area contributed by atoms with Gasteiger partial charge in [-0.1, -0.05) is 15.9 Å². The first kappa shape index (κ1) is 13.9. The summed E-state index contributed by atoms with van der Waals surface area (Å²) >= 11 is 3.33. The molecular weight excluding hydrogens is 332 g/mol. The van der Waals surface area contributed by atoms with Crippen molar-refractivity contribution < 1.29 is 8.42 Å². The van der Waals surface area contributed by atoms with E-state index >= 15 is 0 Å². The molecule has 1 heterocycles. The summed E-state index contributed by atoms with van der Waals surface area (Å²) < 4.78 is 29.3. The van der Waals surface area contributed by atoms with E-state index in [1.54, 1.807) is 19.2 Å². The fraction of sp³-hybridized carbons (Fsp3) is 0.182. The van der Waals surface area contributed by atoms with Crippen molar-refractivity contribution >= 4 is 37.5 Å². The van der Waals surface area contributed by atoms with Gasteiger partial charge in [0.05, 0.1) is 12.0 Å². The lowest BCUT2D eigenvalue weighted by Gasteiger charge is -2.11. The molecule has 0 bridgehead atoms. The fourth-order valence-corrected chi connectivity index (χ4v) is 3.54. The topological polar surface area (TPSA) is 90.0 Å². The Morgan fingerprint density at radius 3 is 2.63 bits per heavy atom. The van der Waals surface area contributed by atoms with E-state index < -0.39 is 10.0 Å². The van der Waals surface area contributed by atoms with Crippen molar-refractivity contribution in [3.8, 4) is 0 Å². The third-order valence-electron chi connectivity index (χ3n) is 2.60. The van der Waals surface area contributed by atoms with Gasteiger partial charge in [-0.15, -0.1) is 0 Å². The lowest BCUT2D eigenvalue weighted by molar-refractivity contribution is 0.592. The highest BCUT2D eigenvalue weighted by Gasteiger charge is 2.22. The average molecular weight is 345 g/mol. The number of benzene rings is 1. The lowest BCUT2D eigenvalue weighted by Crippen LogP contribution is -2.18. The Bertz CT molecular complexity index is 705. The van der Waals surface area contributed by atoms with Crippen LogP contribution in [0, 0.1) is 6.92 Å². The van der Waals surface area contributed by atoms with Gasteiger partial charge in [0.2, 0.25) is 0 Å². The summed E-state index contributed by atoms with van der Waals surface area (Å²) in [5.74, 6) is -0.0234. The first-order valence-corrected chi connectivity index (χ1v) is 7.64. The summed E-state index contributed by atoms with van der Waals surface area (Å²) in [5, 5.41) is -0.0465. The number of aromatic nitrogens is 2. The normalized spacial score (nSPS) is 11.5. The highest BCUT2D eigenvalue weighted by atomic mass is 79.9. The summed E-state index contributed by atoms with van der Waals surface area (Å²) in [6.07, 6.45) is 1.36. The lowest BCUT2D eigenvalue weighted by atomic mass is 10.2. The maximum Gasteiger partial charge on any atom is 0.281 e. The van der Waals surface area contributed by atoms with Crippen LogP contribution in [0.2, 0.25) is 0 Å². The summed E-state index contributed by atoms with van der Waals surface area (Å²) in [7, 11) is -2.18. The first-order valence-electron chi connectivity index (χ1n) is 5.37. The molecule has 0 unspecified atom stereocenters. The molecule has 0 saturated carbocycles. The summed E-state index contributed by atoms with van der Waals surface area (Å²) in [6.45, 7) is 1.81. The number of anilines is 2. The second-order valence-electron chi connectivity index (χ2n) is 4.11. The number of sulfonamides is 1. The summed E-state index contributed by atoms with van der Waals surface area (Å²) in [5.41, 5.74) is 6.89. The van der Waals surface area contributed by atoms with Crippen LogP contribution in [0.4, 0.5) is 11.5 Å². The van der Waals surface area contributed by atoms with Crippen LogP contribution in [0.25, 0.3) is 0 Å². The summed E-state index contributed by atoms with van der Waals surface area (Å²) in [6, 6.07) is 5.27. The Labute approximate surface area is 119 Å². The van der Waals surface area contributed by atoms with E-state index in [2.05, 4.69) is 25.6 Å². The number of imidazole rings is 1. The molecule has 1 aromatic carbocycles. The zero-order valence-electron chi connectivity index (χ0n) is 10.4. The number of nitrogen functional groups attached to an aromatic ring is 1. The Balaban J connectivity index is 2.42. The third-order valence-corrected chi connectivity index (χ3v) is 4.58. The molecule has 0 fully saturated rings. The largest absolute Gasteiger partial charge is 0.381 e. The highest BCUT2D eigenvalue weighted by molar-refractivity contribution is 9.10. The molecule has 2 aromatic rings. The van der Waals surface area contributed by atoms with Gasteiger partial charge in [0, 0.05) is 11.5 Å². The van der Waals surface area contributed by atoms with Gasteiger partial charge in [0.25, 0.3) is 10.0 Å². The predicted molar refractivity (Wildman–Crippen MR) is 77.3 cm³/mol. The molecule has 0 atom stereocenters. The average Bonchev–Trinajstić information content (AvgIpc) is 2.63. The van der Waals surface area contributed by atoms with Crippen molar-refractivity contribution in [2.24, 2.45) is 7.05 Å². The van der Waals surface area contributed by atoms with Crippen molar-refractivity contribution in [1.82, 2.24) is 9.55 Å². The van der Waals surface area contributed by atoms with Gasteiger partial charge in [0.1, 0.15) is 0 Å². The van der Waals surface area contributed by atoms with Gasteiger partial charge >= 0.3 is 0 Å². The zero-order valence-corrected chi connectivity index (χ0v) is 12.8. The Kier molecular flexibility index (Phi) is 3.55. The molecule has 0 radical (unpaired) electrons. The van der Waals surface area contributed by atoms with Gasteiger partial charge in [-0.05, 0) is 30.7 Å². The van der Waals surface area contributed by atoms with Crippen LogP contribution >= 0.6 is 15.9 Å². The van der Waals surface area contributed by atoms with Crippen molar-refractivity contribution in [2.75, 3.05) is 10.5 Å². The Morgan fingerprint density at radius 2 is 2.11 bits per heavy atom. The predicted octanol–water partition coefficient (Wildman–Crippen LogP) is 1.87. The number of halogens is 1. The molecule has 6 nitrogen and oxygen atoms in total. The third kappa shape index (κ3) is 2.74. The zero-order chi connectivity index (χ0) is 14.2. The van der Waals surface area contributed by atoms with Crippen LogP contribution in [0.5, 0.6) is 0 Å². The van der Waals surface area contributed by atoms with E-state index in [0.29, 0.717) is 5.69 Å². The van der Waals surface area contributed by atoms with Crippen LogP contribution in [0.15, 0.2) is 34.0 Å². The Hall–Kier alpha value is -1.54. The van der Waals surface area contributed by atoms with E-state index in [9.17, 15) is 8.42 Å². The minimum Gasteiger partial charge on any atom is -0.381 e. The van der Waals surface area contributed by atoms with Crippen molar-refractivity contribution in [3.05, 3.63) is 34.6 Å². The quantitative estimate of drug-likeness (QED) is 0.889. The van der Waals surface area contributed by atoms with E-state index in [1.165, 1.54) is 10.9 Å². The summed E-state index contributed by atoms with van der Waals surface area (Å²) in [4.78, 5) is 3.77. The second kappa shape index (κ2) is 4.86. The van der Waals surface area contributed by atoms with E-state index in [-0.39, 0.29) is 10.8 Å². The number of nitrogens with one attached hydrogen (secondary N) is 1. The SMILES string of the molecule is Cc1cc(Br)ccc1NS(=O)(=O)c1c(N)ncn1C. The minimum atomic E-state index is -3.76. The molecule has 0 aliphatic carbocycles. The molecule has 3 N–H and O–H groups in total. The maximum absolute atomic E-state index is 12.3. The van der Waals surface area contributed by atoms with Crippen LogP contribution in [0.1, 0.15) is 5.56 Å². The van der Waals surface area contributed by atoms with Crippen LogP contribution in [-0.2, 0) is 17.1 Å². The van der Waals surface area contributed by atoms with Gasteiger partial charge in [0.15, 0.2) is 10.8 Å². The number of nitrogens with two attached hydrogens (primary N) is 1. The van der Waals surface area contributed by atoms with Crippen LogP contribution in [-0.4, -0.2) is 18.0 Å². The standard InChI is InChI=1S/C11H13BrN4O2S/c1-7-5-8(12)3-4-9(7)15-19(17,18)11-10(13)14-6-16(11)2/h3-6,15H,13H2,1-2H3. The second-order valence-corrected chi connectivity index (χ2v) is 6.62. The number of hydrogen-bond acceptors (Lipinski definition) is 4. The smallest absolute Gasteiger partial charge is 0.281 e. The molecule has 19 heavy (non-hydrogen) atoms. The fourth-order valence-electron chi connectivity index (χ4n) is 1.70. The molecule has 0 saturated heterocycles. The number of rotatable bonds is 3. The number of hydrogen-bond donors (Lipinski definition) is 2. The maximum atomic E-state index is 12.3. The Morgan fingerprint density at radius 1 is 1.42 bits per heavy atom. The van der Waals surface area contributed by atoms with Gasteiger partial charge in [-0.25, -0.2) is 4.98 Å². The number of nitrogens with zero attached hydrogens (tertiary/aromatic N) is 2. The molecule has 1 aromatic heterocycles. The molecule has 0 amide bonds.